The predicted octanol–water partition coefficient (Wildman–Crippen LogP) is 7.27. The predicted molar refractivity (Wildman–Crippen MR) is 130 cm³/mol. The number of halogens is 5. The van der Waals surface area contributed by atoms with Gasteiger partial charge in [-0.25, -0.2) is 9.00 Å². The fraction of sp³-hybridized carbons (Fsp3) is 0.160. The van der Waals surface area contributed by atoms with E-state index in [9.17, 15) is 31.3 Å². The van der Waals surface area contributed by atoms with E-state index in [1.165, 1.54) is 78.9 Å². The van der Waals surface area contributed by atoms with Crippen LogP contribution in [-0.4, -0.2) is 36.8 Å². The van der Waals surface area contributed by atoms with Crippen LogP contribution in [0.3, 0.4) is 0 Å². The molecule has 0 saturated carbocycles. The first-order valence-corrected chi connectivity index (χ1v) is 14.6. The minimum absolute atomic E-state index is 0.192. The highest BCUT2D eigenvalue weighted by atomic mass is 33.2. The molecule has 0 spiro atoms. The number of esters is 1. The van der Waals surface area contributed by atoms with E-state index in [4.69, 9.17) is 0 Å². The number of alkyl halides is 5. The van der Waals surface area contributed by atoms with E-state index in [2.05, 4.69) is 11.3 Å². The van der Waals surface area contributed by atoms with E-state index in [0.29, 0.717) is 0 Å². The molecule has 2 N–H and O–H groups in total. The number of fused-ring (bicyclic) bond motifs is 3. The van der Waals surface area contributed by atoms with Crippen LogP contribution in [0.5, 0.6) is 0 Å². The van der Waals surface area contributed by atoms with Crippen LogP contribution in [0.25, 0.3) is 11.1 Å². The Morgan fingerprint density at radius 2 is 1.30 bits per heavy atom. The molecule has 0 aromatic heterocycles. The molecule has 4 rings (SSSR count). The van der Waals surface area contributed by atoms with Gasteiger partial charge in [-0.05, 0) is 42.3 Å². The quantitative estimate of drug-likeness (QED) is 0.143. The second-order valence-corrected chi connectivity index (χ2v) is 16.2. The molecule has 0 bridgehead atoms. The van der Waals surface area contributed by atoms with Gasteiger partial charge >= 0.3 is 17.4 Å². The maximum Gasteiger partial charge on any atom is 0.432 e. The van der Waals surface area contributed by atoms with Crippen LogP contribution in [0.1, 0.15) is 6.92 Å². The van der Waals surface area contributed by atoms with Crippen LogP contribution in [-0.2, 0) is 18.2 Å². The van der Waals surface area contributed by atoms with Gasteiger partial charge in [0.1, 0.15) is 0 Å². The standard InChI is InChI=1S/C25H21F5O5S2/c1-16(2)22(31)35-23(24(26,27)28)25(29,30)37(32,33,34)36(17-10-4-3-5-11-17)20-14-8-6-12-18(20)19-13-7-9-15-21(19)36/h3-15,23H,1H2,2H3,(H2,32,33,34). The Labute approximate surface area is 209 Å². The monoisotopic (exact) mass is 560 g/mol. The van der Waals surface area contributed by atoms with Crippen molar-refractivity contribution in [2.75, 3.05) is 0 Å². The van der Waals surface area contributed by atoms with E-state index in [0.717, 1.165) is 6.92 Å². The van der Waals surface area contributed by atoms with Gasteiger partial charge in [0, 0.05) is 20.3 Å². The molecule has 1 aliphatic heterocycles. The SMILES string of the molecule is C=C(C)C(=O)OC(C(F)(F)F)C(F)(F)S(=O)(O)(O)S1(c2ccccc2)c2ccccc2-c2ccccc21. The minimum atomic E-state index is -7.86. The number of carbonyl (C=O) groups excluding carboxylic acids is 1. The van der Waals surface area contributed by atoms with Gasteiger partial charge in [0.15, 0.2) is 8.66 Å². The number of ether oxygens (including phenoxy) is 1. The molecule has 5 nitrogen and oxygen atoms in total. The molecule has 0 aliphatic carbocycles. The Balaban J connectivity index is 2.16. The summed E-state index contributed by atoms with van der Waals surface area (Å²) in [5.41, 5.74) is -0.277. The molecule has 198 valence electrons. The first-order chi connectivity index (χ1) is 17.1. The summed E-state index contributed by atoms with van der Waals surface area (Å²) in [4.78, 5) is 11.2. The number of benzene rings is 3. The van der Waals surface area contributed by atoms with Gasteiger partial charge in [0.2, 0.25) is 0 Å². The number of hydrogen-bond acceptors (Lipinski definition) is 3. The topological polar surface area (TPSA) is 83.8 Å². The molecule has 3 aromatic rings. The minimum Gasteiger partial charge on any atom is -0.441 e. The summed E-state index contributed by atoms with van der Waals surface area (Å²) >= 11 is 0. The molecule has 1 heterocycles. The lowest BCUT2D eigenvalue weighted by Gasteiger charge is -2.55. The number of carbonyl (C=O) groups is 1. The van der Waals surface area contributed by atoms with Gasteiger partial charge in [-0.1, -0.05) is 70.2 Å². The lowest BCUT2D eigenvalue weighted by atomic mass is 10.1. The van der Waals surface area contributed by atoms with Crippen LogP contribution in [0.15, 0.2) is 106 Å². The molecule has 0 amide bonds. The summed E-state index contributed by atoms with van der Waals surface area (Å²) in [6, 6.07) is 17.6. The molecule has 1 atom stereocenters. The van der Waals surface area contributed by atoms with Gasteiger partial charge in [-0.2, -0.15) is 22.0 Å². The van der Waals surface area contributed by atoms with Gasteiger partial charge < -0.3 is 4.74 Å². The van der Waals surface area contributed by atoms with E-state index >= 15 is 8.78 Å². The first-order valence-electron chi connectivity index (χ1n) is 10.6. The molecule has 37 heavy (non-hydrogen) atoms. The zero-order chi connectivity index (χ0) is 27.5. The highest BCUT2D eigenvalue weighted by molar-refractivity contribution is 8.98. The summed E-state index contributed by atoms with van der Waals surface area (Å²) < 4.78 is 116. The summed E-state index contributed by atoms with van der Waals surface area (Å²) in [7, 11) is -12.3. The highest BCUT2D eigenvalue weighted by Crippen LogP contribution is 2.87. The second kappa shape index (κ2) is 8.48. The Morgan fingerprint density at radius 3 is 1.73 bits per heavy atom. The van der Waals surface area contributed by atoms with E-state index in [1.807, 2.05) is 0 Å². The maximum atomic E-state index is 16.2. The van der Waals surface area contributed by atoms with Gasteiger partial charge in [-0.15, -0.1) is 0 Å². The molecule has 0 saturated heterocycles. The summed E-state index contributed by atoms with van der Waals surface area (Å²) in [5.74, 6) is -1.87. The van der Waals surface area contributed by atoms with Crippen molar-refractivity contribution in [3.05, 3.63) is 91.0 Å². The molecule has 3 aromatic carbocycles. The number of hydrogen-bond donors (Lipinski definition) is 2. The van der Waals surface area contributed by atoms with E-state index in [1.54, 1.807) is 0 Å². The molecule has 0 radical (unpaired) electrons. The molecule has 1 aliphatic rings. The van der Waals surface area contributed by atoms with Crippen molar-refractivity contribution in [2.45, 2.75) is 39.1 Å². The maximum absolute atomic E-state index is 16.2. The van der Waals surface area contributed by atoms with E-state index < -0.39 is 46.8 Å². The molecule has 0 fully saturated rings. The Kier molecular flexibility index (Phi) is 6.19. The smallest absolute Gasteiger partial charge is 0.432 e. The third kappa shape index (κ3) is 3.65. The second-order valence-electron chi connectivity index (χ2n) is 8.33. The van der Waals surface area contributed by atoms with Crippen LogP contribution >= 0.6 is 9.06 Å². The van der Waals surface area contributed by atoms with Gasteiger partial charge in [0.25, 0.3) is 6.10 Å². The molecule has 1 unspecified atom stereocenters. The van der Waals surface area contributed by atoms with Crippen LogP contribution in [0.4, 0.5) is 22.0 Å². The van der Waals surface area contributed by atoms with Crippen molar-refractivity contribution in [3.8, 4) is 11.1 Å². The third-order valence-corrected chi connectivity index (χ3v) is 15.8. The van der Waals surface area contributed by atoms with Gasteiger partial charge in [-0.3, -0.25) is 9.11 Å². The Hall–Kier alpha value is -3.06. The van der Waals surface area contributed by atoms with Gasteiger partial charge in [0.05, 0.1) is 0 Å². The van der Waals surface area contributed by atoms with Crippen molar-refractivity contribution in [3.63, 3.8) is 0 Å². The fourth-order valence-corrected chi connectivity index (χ4v) is 14.4. The van der Waals surface area contributed by atoms with Crippen molar-refractivity contribution < 1.29 is 44.8 Å². The normalized spacial score (nSPS) is 17.5. The van der Waals surface area contributed by atoms with Crippen molar-refractivity contribution in [2.24, 2.45) is 0 Å². The molecular formula is C25H21F5O5S2. The fourth-order valence-electron chi connectivity index (χ4n) is 4.24. The average molecular weight is 561 g/mol. The lowest BCUT2D eigenvalue weighted by molar-refractivity contribution is -0.258. The Morgan fingerprint density at radius 1 is 0.865 bits per heavy atom. The highest BCUT2D eigenvalue weighted by Gasteiger charge is 2.78. The third-order valence-electron chi connectivity index (χ3n) is 5.85. The largest absolute Gasteiger partial charge is 0.441 e. The first kappa shape index (κ1) is 27.0. The summed E-state index contributed by atoms with van der Waals surface area (Å²) in [5, 5.41) is -5.93. The summed E-state index contributed by atoms with van der Waals surface area (Å²) in [6.45, 7) is 3.99. The van der Waals surface area contributed by atoms with Crippen molar-refractivity contribution >= 4 is 23.7 Å². The van der Waals surface area contributed by atoms with E-state index in [-0.39, 0.29) is 25.8 Å². The zero-order valence-corrected chi connectivity index (χ0v) is 20.7. The molecular weight excluding hydrogens is 539 g/mol. The van der Waals surface area contributed by atoms with Crippen LogP contribution in [0.2, 0.25) is 0 Å². The molecule has 12 heteroatoms. The average Bonchev–Trinajstić information content (AvgIpc) is 3.14. The summed E-state index contributed by atoms with van der Waals surface area (Å²) in [6.07, 6.45) is -10.5. The van der Waals surface area contributed by atoms with Crippen LogP contribution < -0.4 is 0 Å². The Bertz CT molecular complexity index is 1420. The van der Waals surface area contributed by atoms with Crippen LogP contribution in [0, 0.1) is 0 Å². The van der Waals surface area contributed by atoms with Crippen molar-refractivity contribution in [1.29, 1.82) is 0 Å². The zero-order valence-electron chi connectivity index (χ0n) is 19.1. The number of rotatable bonds is 6. The lowest BCUT2D eigenvalue weighted by Crippen LogP contribution is -2.63. The van der Waals surface area contributed by atoms with Crippen molar-refractivity contribution in [1.82, 2.24) is 0 Å².